The minimum atomic E-state index is -4.76. The van der Waals surface area contributed by atoms with Gasteiger partial charge in [0.15, 0.2) is 17.5 Å². The first-order valence-corrected chi connectivity index (χ1v) is 7.20. The summed E-state index contributed by atoms with van der Waals surface area (Å²) >= 11 is 0. The smallest absolute Gasteiger partial charge is 0.420 e. The van der Waals surface area contributed by atoms with Gasteiger partial charge in [-0.15, -0.1) is 0 Å². The van der Waals surface area contributed by atoms with Gasteiger partial charge in [0, 0.05) is 19.2 Å². The van der Waals surface area contributed by atoms with Crippen LogP contribution in [0.1, 0.15) is 0 Å². The van der Waals surface area contributed by atoms with Gasteiger partial charge in [-0.2, -0.15) is 13.2 Å². The van der Waals surface area contributed by atoms with Gasteiger partial charge < -0.3 is 14.5 Å². The molecule has 0 aliphatic carbocycles. The van der Waals surface area contributed by atoms with Crippen molar-refractivity contribution in [1.29, 1.82) is 0 Å². The molecule has 2 amide bonds. The number of benzene rings is 1. The van der Waals surface area contributed by atoms with E-state index in [0.29, 0.717) is 0 Å². The lowest BCUT2D eigenvalue weighted by Gasteiger charge is -2.13. The Labute approximate surface area is 141 Å². The molecule has 8 nitrogen and oxygen atoms in total. The summed E-state index contributed by atoms with van der Waals surface area (Å²) in [6.45, 7) is -1.96. The number of halogens is 4. The van der Waals surface area contributed by atoms with Gasteiger partial charge in [0.2, 0.25) is 0 Å². The number of anilines is 1. The van der Waals surface area contributed by atoms with E-state index in [1.165, 1.54) is 7.05 Å². The highest BCUT2D eigenvalue weighted by atomic mass is 19.4. The summed E-state index contributed by atoms with van der Waals surface area (Å²) in [6, 6.07) is 1.79. The molecule has 1 aliphatic rings. The average molecular weight is 377 g/mol. The van der Waals surface area contributed by atoms with Crippen LogP contribution in [-0.4, -0.2) is 42.4 Å². The molecule has 12 heteroatoms. The zero-order valence-electron chi connectivity index (χ0n) is 13.1. The molecule has 0 bridgehead atoms. The van der Waals surface area contributed by atoms with Crippen LogP contribution in [0.3, 0.4) is 0 Å². The average Bonchev–Trinajstić information content (AvgIpc) is 3.06. The number of nitrogens with one attached hydrogen (secondary N) is 1. The van der Waals surface area contributed by atoms with Gasteiger partial charge in [0.25, 0.3) is 5.91 Å². The Morgan fingerprint density at radius 1 is 1.35 bits per heavy atom. The quantitative estimate of drug-likeness (QED) is 0.816. The van der Waals surface area contributed by atoms with E-state index in [0.717, 1.165) is 17.0 Å². The molecule has 0 spiro atoms. The van der Waals surface area contributed by atoms with Crippen LogP contribution in [0.25, 0.3) is 11.1 Å². The number of amides is 2. The Morgan fingerprint density at radius 3 is 2.65 bits per heavy atom. The van der Waals surface area contributed by atoms with Crippen molar-refractivity contribution < 1.29 is 36.3 Å². The normalized spacial score (nSPS) is 17.7. The predicted octanol–water partition coefficient (Wildman–Crippen LogP) is 1.37. The summed E-state index contributed by atoms with van der Waals surface area (Å²) < 4.78 is 61.6. The van der Waals surface area contributed by atoms with Gasteiger partial charge in [-0.1, -0.05) is 0 Å². The zero-order chi connectivity index (χ0) is 19.2. The molecule has 1 aromatic carbocycles. The lowest BCUT2D eigenvalue weighted by Crippen LogP contribution is -2.35. The molecule has 1 N–H and O–H groups in total. The molecule has 1 saturated heterocycles. The number of fused-ring (bicyclic) bond motifs is 1. The summed E-state index contributed by atoms with van der Waals surface area (Å²) in [4.78, 5) is 35.9. The molecule has 0 unspecified atom stereocenters. The zero-order valence-corrected chi connectivity index (χ0v) is 13.1. The van der Waals surface area contributed by atoms with E-state index in [4.69, 9.17) is 4.74 Å². The van der Waals surface area contributed by atoms with Crippen LogP contribution in [-0.2, 0) is 16.1 Å². The fourth-order valence-electron chi connectivity index (χ4n) is 2.59. The van der Waals surface area contributed by atoms with Gasteiger partial charge in [-0.25, -0.2) is 14.0 Å². The van der Waals surface area contributed by atoms with Crippen LogP contribution in [0.2, 0.25) is 0 Å². The molecule has 3 rings (SSSR count). The maximum absolute atomic E-state index is 14.4. The molecular weight excluding hydrogens is 366 g/mol. The lowest BCUT2D eigenvalue weighted by molar-refractivity contribution is -0.140. The maximum Gasteiger partial charge on any atom is 0.420 e. The molecule has 0 saturated carbocycles. The molecule has 1 aromatic heterocycles. The Hall–Kier alpha value is -3.05. The second-order valence-electron chi connectivity index (χ2n) is 5.44. The number of nitrogens with zero attached hydrogens (tertiary/aromatic N) is 2. The number of ether oxygens (including phenoxy) is 1. The fourth-order valence-corrected chi connectivity index (χ4v) is 2.59. The third-order valence-corrected chi connectivity index (χ3v) is 3.70. The molecule has 26 heavy (non-hydrogen) atoms. The van der Waals surface area contributed by atoms with E-state index in [1.807, 2.05) is 0 Å². The molecule has 1 atom stereocenters. The summed E-state index contributed by atoms with van der Waals surface area (Å²) in [5.41, 5.74) is -1.27. The van der Waals surface area contributed by atoms with E-state index in [1.54, 1.807) is 0 Å². The summed E-state index contributed by atoms with van der Waals surface area (Å²) in [5.74, 6) is -3.16. The van der Waals surface area contributed by atoms with Crippen LogP contribution >= 0.6 is 0 Å². The van der Waals surface area contributed by atoms with Crippen LogP contribution in [0, 0.1) is 5.82 Å². The van der Waals surface area contributed by atoms with Crippen molar-refractivity contribution in [2.45, 2.75) is 18.8 Å². The molecule has 0 radical (unpaired) electrons. The highest BCUT2D eigenvalue weighted by Gasteiger charge is 2.37. The number of alkyl halides is 3. The van der Waals surface area contributed by atoms with Crippen molar-refractivity contribution in [3.05, 3.63) is 28.5 Å². The van der Waals surface area contributed by atoms with E-state index in [2.05, 4.69) is 9.73 Å². The summed E-state index contributed by atoms with van der Waals surface area (Å²) in [5, 5.41) is 2.29. The standard InChI is InChI=1S/C14H11F4N3O5/c1-19-11(22)9-4-20(12(23)26-9)6-2-7(15)10-8(3-6)25-13(24)21(10)5-14(16,17)18/h2-3,9H,4-5H2,1H3,(H,19,22)/t9-/m1/s1. The first kappa shape index (κ1) is 17.8. The number of rotatable bonds is 3. The second-order valence-corrected chi connectivity index (χ2v) is 5.44. The second kappa shape index (κ2) is 6.04. The number of carbonyl (C=O) groups is 2. The van der Waals surface area contributed by atoms with Crippen molar-refractivity contribution in [3.63, 3.8) is 0 Å². The summed E-state index contributed by atoms with van der Waals surface area (Å²) in [6.07, 6.45) is -6.84. The monoisotopic (exact) mass is 377 g/mol. The minimum Gasteiger partial charge on any atom is -0.434 e. The van der Waals surface area contributed by atoms with E-state index < -0.39 is 53.5 Å². The molecular formula is C14H11F4N3O5. The largest absolute Gasteiger partial charge is 0.434 e. The van der Waals surface area contributed by atoms with Crippen molar-refractivity contribution >= 4 is 28.8 Å². The van der Waals surface area contributed by atoms with E-state index in [-0.39, 0.29) is 16.8 Å². The van der Waals surface area contributed by atoms with Crippen LogP contribution in [0.4, 0.5) is 28.0 Å². The van der Waals surface area contributed by atoms with E-state index in [9.17, 15) is 31.9 Å². The number of likely N-dealkylation sites (N-methyl/N-ethyl adjacent to an activating group) is 1. The molecule has 1 aliphatic heterocycles. The minimum absolute atomic E-state index is 0.115. The maximum atomic E-state index is 14.4. The first-order valence-electron chi connectivity index (χ1n) is 7.20. The van der Waals surface area contributed by atoms with E-state index >= 15 is 0 Å². The fraction of sp³-hybridized carbons (Fsp3) is 0.357. The lowest BCUT2D eigenvalue weighted by atomic mass is 10.2. The number of cyclic esters (lactones) is 1. The number of hydrogen-bond donors (Lipinski definition) is 1. The van der Waals surface area contributed by atoms with Crippen LogP contribution in [0.15, 0.2) is 21.3 Å². The van der Waals surface area contributed by atoms with Crippen molar-refractivity contribution in [2.75, 3.05) is 18.5 Å². The van der Waals surface area contributed by atoms with Gasteiger partial charge in [-0.05, 0) is 0 Å². The van der Waals surface area contributed by atoms with Gasteiger partial charge >= 0.3 is 18.0 Å². The molecule has 140 valence electrons. The number of oxazole rings is 1. The number of aromatic nitrogens is 1. The van der Waals surface area contributed by atoms with Gasteiger partial charge in [0.05, 0.1) is 12.2 Å². The first-order chi connectivity index (χ1) is 12.1. The molecule has 2 aromatic rings. The Bertz CT molecular complexity index is 948. The van der Waals surface area contributed by atoms with Crippen molar-refractivity contribution in [3.8, 4) is 0 Å². The SMILES string of the molecule is CNC(=O)[C@H]1CN(c2cc(F)c3c(c2)oc(=O)n3CC(F)(F)F)C(=O)O1. The van der Waals surface area contributed by atoms with Crippen LogP contribution in [0.5, 0.6) is 0 Å². The van der Waals surface area contributed by atoms with Crippen LogP contribution < -0.4 is 16.0 Å². The Kier molecular flexibility index (Phi) is 4.12. The van der Waals surface area contributed by atoms with Crippen molar-refractivity contribution in [2.24, 2.45) is 0 Å². The Balaban J connectivity index is 2.02. The topological polar surface area (TPSA) is 93.8 Å². The number of hydrogen-bond acceptors (Lipinski definition) is 5. The highest BCUT2D eigenvalue weighted by molar-refractivity contribution is 5.96. The highest BCUT2D eigenvalue weighted by Crippen LogP contribution is 2.29. The predicted molar refractivity (Wildman–Crippen MR) is 78.2 cm³/mol. The molecule has 2 heterocycles. The van der Waals surface area contributed by atoms with Gasteiger partial charge in [-0.3, -0.25) is 14.3 Å². The number of carbonyl (C=O) groups excluding carboxylic acids is 2. The third kappa shape index (κ3) is 3.09. The third-order valence-electron chi connectivity index (χ3n) is 3.70. The Morgan fingerprint density at radius 2 is 2.04 bits per heavy atom. The van der Waals surface area contributed by atoms with Crippen molar-refractivity contribution in [1.82, 2.24) is 9.88 Å². The summed E-state index contributed by atoms with van der Waals surface area (Å²) in [7, 11) is 1.34. The molecule has 1 fully saturated rings. The van der Waals surface area contributed by atoms with Gasteiger partial charge in [0.1, 0.15) is 12.1 Å².